The van der Waals surface area contributed by atoms with Crippen molar-refractivity contribution in [2.24, 2.45) is 0 Å². The maximum atomic E-state index is 11.1. The van der Waals surface area contributed by atoms with Gasteiger partial charge >= 0.3 is 0 Å². The number of aliphatic hydroxyl groups is 1. The second kappa shape index (κ2) is 6.39. The molecule has 76 valence electrons. The predicted molar refractivity (Wildman–Crippen MR) is 55.1 cm³/mol. The second-order valence-electron chi connectivity index (χ2n) is 2.53. The highest BCUT2D eigenvalue weighted by Crippen LogP contribution is 2.12. The number of hydrogen-bond acceptors (Lipinski definition) is 4. The van der Waals surface area contributed by atoms with Crippen LogP contribution in [0.2, 0.25) is 0 Å². The Morgan fingerprint density at radius 3 is 3.07 bits per heavy atom. The highest BCUT2D eigenvalue weighted by molar-refractivity contribution is 7.99. The monoisotopic (exact) mass is 212 g/mol. The quantitative estimate of drug-likeness (QED) is 0.688. The smallest absolute Gasteiger partial charge is 0.230 e. The van der Waals surface area contributed by atoms with Crippen molar-refractivity contribution >= 4 is 17.7 Å². The molecule has 1 aromatic heterocycles. The highest BCUT2D eigenvalue weighted by Gasteiger charge is 2.01. The molecule has 0 bridgehead atoms. The van der Waals surface area contributed by atoms with E-state index in [9.17, 15) is 4.79 Å². The van der Waals surface area contributed by atoms with Crippen LogP contribution in [-0.4, -0.2) is 34.9 Å². The SMILES string of the molecule is O=C(CSc1ccccn1)NCCO. The molecule has 2 N–H and O–H groups in total. The minimum atomic E-state index is -0.0882. The fourth-order valence-corrected chi connectivity index (χ4v) is 1.51. The van der Waals surface area contributed by atoms with Gasteiger partial charge in [0, 0.05) is 12.7 Å². The molecule has 5 heteroatoms. The number of thioether (sulfide) groups is 1. The summed E-state index contributed by atoms with van der Waals surface area (Å²) in [6.07, 6.45) is 1.69. The summed E-state index contributed by atoms with van der Waals surface area (Å²) in [4.78, 5) is 15.2. The molecular formula is C9H12N2O2S. The molecular weight excluding hydrogens is 200 g/mol. The van der Waals surface area contributed by atoms with E-state index < -0.39 is 0 Å². The normalized spacial score (nSPS) is 9.79. The van der Waals surface area contributed by atoms with E-state index in [1.54, 1.807) is 6.20 Å². The van der Waals surface area contributed by atoms with Gasteiger partial charge < -0.3 is 10.4 Å². The van der Waals surface area contributed by atoms with Gasteiger partial charge in [-0.2, -0.15) is 0 Å². The van der Waals surface area contributed by atoms with Gasteiger partial charge in [-0.1, -0.05) is 17.8 Å². The van der Waals surface area contributed by atoms with E-state index in [0.29, 0.717) is 12.3 Å². The van der Waals surface area contributed by atoms with Crippen LogP contribution < -0.4 is 5.32 Å². The first-order chi connectivity index (χ1) is 6.83. The number of nitrogens with one attached hydrogen (secondary N) is 1. The van der Waals surface area contributed by atoms with Crippen LogP contribution in [0.3, 0.4) is 0 Å². The lowest BCUT2D eigenvalue weighted by Gasteiger charge is -2.01. The first-order valence-electron chi connectivity index (χ1n) is 4.24. The number of rotatable bonds is 5. The molecule has 0 radical (unpaired) electrons. The molecule has 1 rings (SSSR count). The number of aromatic nitrogens is 1. The Morgan fingerprint density at radius 1 is 1.57 bits per heavy atom. The van der Waals surface area contributed by atoms with Crippen LogP contribution >= 0.6 is 11.8 Å². The second-order valence-corrected chi connectivity index (χ2v) is 3.53. The van der Waals surface area contributed by atoms with Gasteiger partial charge in [0.05, 0.1) is 17.4 Å². The Bertz CT molecular complexity index is 279. The summed E-state index contributed by atoms with van der Waals surface area (Å²) in [6, 6.07) is 5.56. The van der Waals surface area contributed by atoms with Crippen molar-refractivity contribution in [3.63, 3.8) is 0 Å². The number of hydrogen-bond donors (Lipinski definition) is 2. The number of pyridine rings is 1. The fraction of sp³-hybridized carbons (Fsp3) is 0.333. The molecule has 14 heavy (non-hydrogen) atoms. The van der Waals surface area contributed by atoms with Crippen molar-refractivity contribution in [2.75, 3.05) is 18.9 Å². The van der Waals surface area contributed by atoms with Crippen molar-refractivity contribution in [3.8, 4) is 0 Å². The van der Waals surface area contributed by atoms with Crippen LogP contribution in [-0.2, 0) is 4.79 Å². The Labute approximate surface area is 86.7 Å². The van der Waals surface area contributed by atoms with Gasteiger partial charge in [0.25, 0.3) is 0 Å². The minimum absolute atomic E-state index is 0.0278. The molecule has 1 heterocycles. The maximum absolute atomic E-state index is 11.1. The first kappa shape index (κ1) is 11.0. The van der Waals surface area contributed by atoms with Crippen LogP contribution in [0.15, 0.2) is 29.4 Å². The molecule has 1 aromatic rings. The third-order valence-corrected chi connectivity index (χ3v) is 2.37. The summed E-state index contributed by atoms with van der Waals surface area (Å²) >= 11 is 1.37. The first-order valence-corrected chi connectivity index (χ1v) is 5.23. The van der Waals surface area contributed by atoms with Gasteiger partial charge in [-0.25, -0.2) is 4.98 Å². The van der Waals surface area contributed by atoms with Crippen molar-refractivity contribution in [2.45, 2.75) is 5.03 Å². The zero-order chi connectivity index (χ0) is 10.2. The van der Waals surface area contributed by atoms with Crippen molar-refractivity contribution < 1.29 is 9.90 Å². The summed E-state index contributed by atoms with van der Waals surface area (Å²) < 4.78 is 0. The van der Waals surface area contributed by atoms with Crippen LogP contribution in [0.1, 0.15) is 0 Å². The topological polar surface area (TPSA) is 62.2 Å². The third-order valence-electron chi connectivity index (χ3n) is 1.42. The van der Waals surface area contributed by atoms with Gasteiger partial charge in [0.2, 0.25) is 5.91 Å². The van der Waals surface area contributed by atoms with Gasteiger partial charge in [0.15, 0.2) is 0 Å². The average Bonchev–Trinajstić information content (AvgIpc) is 2.25. The van der Waals surface area contributed by atoms with E-state index in [1.165, 1.54) is 11.8 Å². The molecule has 0 saturated carbocycles. The standard InChI is InChI=1S/C9H12N2O2S/c12-6-5-10-8(13)7-14-9-3-1-2-4-11-9/h1-4,12H,5-7H2,(H,10,13). The van der Waals surface area contributed by atoms with Crippen LogP contribution in [0.4, 0.5) is 0 Å². The van der Waals surface area contributed by atoms with Crippen LogP contribution in [0, 0.1) is 0 Å². The Kier molecular flexibility index (Phi) is 5.03. The maximum Gasteiger partial charge on any atom is 0.230 e. The molecule has 0 aliphatic rings. The van der Waals surface area contributed by atoms with Gasteiger partial charge in [-0.05, 0) is 12.1 Å². The van der Waals surface area contributed by atoms with Gasteiger partial charge in [-0.15, -0.1) is 0 Å². The third kappa shape index (κ3) is 4.25. The van der Waals surface area contributed by atoms with E-state index in [4.69, 9.17) is 5.11 Å². The van der Waals surface area contributed by atoms with Crippen molar-refractivity contribution in [1.29, 1.82) is 0 Å². The molecule has 0 aliphatic carbocycles. The molecule has 0 aliphatic heterocycles. The lowest BCUT2D eigenvalue weighted by Crippen LogP contribution is -2.27. The Balaban J connectivity index is 2.24. The summed E-state index contributed by atoms with van der Waals surface area (Å²) in [7, 11) is 0. The summed E-state index contributed by atoms with van der Waals surface area (Å²) in [5.41, 5.74) is 0. The van der Waals surface area contributed by atoms with Crippen molar-refractivity contribution in [1.82, 2.24) is 10.3 Å². The van der Waals surface area contributed by atoms with Crippen LogP contribution in [0.25, 0.3) is 0 Å². The molecule has 0 spiro atoms. The Hall–Kier alpha value is -1.07. The lowest BCUT2D eigenvalue weighted by atomic mass is 10.5. The number of nitrogens with zero attached hydrogens (tertiary/aromatic N) is 1. The molecule has 0 aromatic carbocycles. The van der Waals surface area contributed by atoms with Crippen molar-refractivity contribution in [3.05, 3.63) is 24.4 Å². The van der Waals surface area contributed by atoms with E-state index in [0.717, 1.165) is 5.03 Å². The summed E-state index contributed by atoms with van der Waals surface area (Å²) in [6.45, 7) is 0.279. The summed E-state index contributed by atoms with van der Waals surface area (Å²) in [5.74, 6) is 0.242. The molecule has 4 nitrogen and oxygen atoms in total. The average molecular weight is 212 g/mol. The molecule has 0 atom stereocenters. The lowest BCUT2D eigenvalue weighted by molar-refractivity contribution is -0.118. The Morgan fingerprint density at radius 2 is 2.43 bits per heavy atom. The fourth-order valence-electron chi connectivity index (χ4n) is 0.818. The van der Waals surface area contributed by atoms with E-state index in [-0.39, 0.29) is 12.5 Å². The largest absolute Gasteiger partial charge is 0.395 e. The number of carbonyl (C=O) groups is 1. The van der Waals surface area contributed by atoms with Gasteiger partial charge in [0.1, 0.15) is 0 Å². The highest BCUT2D eigenvalue weighted by atomic mass is 32.2. The molecule has 1 amide bonds. The number of carbonyl (C=O) groups excluding carboxylic acids is 1. The van der Waals surface area contributed by atoms with E-state index in [2.05, 4.69) is 10.3 Å². The summed E-state index contributed by atoms with van der Waals surface area (Å²) in [5, 5.41) is 11.9. The molecule has 0 saturated heterocycles. The van der Waals surface area contributed by atoms with Gasteiger partial charge in [-0.3, -0.25) is 4.79 Å². The molecule has 0 unspecified atom stereocenters. The molecule has 0 fully saturated rings. The number of aliphatic hydroxyl groups excluding tert-OH is 1. The minimum Gasteiger partial charge on any atom is -0.395 e. The zero-order valence-corrected chi connectivity index (χ0v) is 8.46. The number of amides is 1. The predicted octanol–water partition coefficient (Wildman–Crippen LogP) is 0.282. The zero-order valence-electron chi connectivity index (χ0n) is 7.64. The van der Waals surface area contributed by atoms with E-state index >= 15 is 0 Å². The van der Waals surface area contributed by atoms with E-state index in [1.807, 2.05) is 18.2 Å². The van der Waals surface area contributed by atoms with Crippen LogP contribution in [0.5, 0.6) is 0 Å².